The molecule has 7 heteroatoms. The summed E-state index contributed by atoms with van der Waals surface area (Å²) in [7, 11) is 1.88. The molecule has 0 aliphatic heterocycles. The van der Waals surface area contributed by atoms with Crippen molar-refractivity contribution >= 4 is 10.9 Å². The summed E-state index contributed by atoms with van der Waals surface area (Å²) >= 11 is 0. The van der Waals surface area contributed by atoms with E-state index in [2.05, 4.69) is 21.3 Å². The maximum Gasteiger partial charge on any atom is 0.141 e. The van der Waals surface area contributed by atoms with E-state index in [1.54, 1.807) is 21.6 Å². The van der Waals surface area contributed by atoms with Crippen LogP contribution in [0.3, 0.4) is 0 Å². The minimum Gasteiger partial charge on any atom is -0.275 e. The first-order valence-corrected chi connectivity index (χ1v) is 10.1. The van der Waals surface area contributed by atoms with Gasteiger partial charge in [0.1, 0.15) is 17.4 Å². The molecule has 0 unspecified atom stereocenters. The molecule has 30 heavy (non-hydrogen) atoms. The number of aromatic nitrogens is 5. The second-order valence-corrected chi connectivity index (χ2v) is 8.07. The van der Waals surface area contributed by atoms with Crippen LogP contribution in [0.4, 0.5) is 4.39 Å². The van der Waals surface area contributed by atoms with Crippen LogP contribution in [0.2, 0.25) is 0 Å². The highest BCUT2D eigenvalue weighted by Gasteiger charge is 2.34. The number of hydrogen-bond donors (Lipinski definition) is 0. The Morgan fingerprint density at radius 3 is 2.77 bits per heavy atom. The zero-order valence-corrected chi connectivity index (χ0v) is 16.7. The van der Waals surface area contributed by atoms with Crippen LogP contribution in [0.1, 0.15) is 31.4 Å². The summed E-state index contributed by atoms with van der Waals surface area (Å²) in [6.45, 7) is 0.270. The van der Waals surface area contributed by atoms with Crippen LogP contribution in [0, 0.1) is 11.3 Å². The number of nitriles is 1. The molecule has 1 fully saturated rings. The number of fused-ring (bicyclic) bond motifs is 1. The van der Waals surface area contributed by atoms with Gasteiger partial charge < -0.3 is 0 Å². The molecule has 1 saturated carbocycles. The van der Waals surface area contributed by atoms with Gasteiger partial charge in [0, 0.05) is 41.5 Å². The molecule has 150 valence electrons. The Bertz CT molecular complexity index is 1270. The van der Waals surface area contributed by atoms with Gasteiger partial charge in [0.05, 0.1) is 24.0 Å². The molecule has 0 bridgehead atoms. The minimum absolute atomic E-state index is 0.270. The summed E-state index contributed by atoms with van der Waals surface area (Å²) in [6.07, 6.45) is 8.62. The third-order valence-corrected chi connectivity index (χ3v) is 5.79. The van der Waals surface area contributed by atoms with Crippen molar-refractivity contribution in [1.82, 2.24) is 24.5 Å². The van der Waals surface area contributed by atoms with Gasteiger partial charge in [-0.25, -0.2) is 9.37 Å². The summed E-state index contributed by atoms with van der Waals surface area (Å²) < 4.78 is 18.3. The first-order valence-electron chi connectivity index (χ1n) is 10.1. The molecule has 0 saturated heterocycles. The lowest BCUT2D eigenvalue weighted by Crippen LogP contribution is -2.25. The molecular formula is C23H21FN6. The number of halogens is 1. The number of rotatable bonds is 4. The number of aryl methyl sites for hydroxylation is 1. The Morgan fingerprint density at radius 2 is 1.97 bits per heavy atom. The van der Waals surface area contributed by atoms with Crippen LogP contribution in [-0.2, 0) is 13.6 Å². The predicted molar refractivity (Wildman–Crippen MR) is 112 cm³/mol. The first-order chi connectivity index (χ1) is 14.5. The van der Waals surface area contributed by atoms with E-state index in [0.29, 0.717) is 24.2 Å². The average molecular weight is 400 g/mol. The van der Waals surface area contributed by atoms with Crippen LogP contribution in [-0.4, -0.2) is 30.2 Å². The molecule has 0 spiro atoms. The van der Waals surface area contributed by atoms with Crippen LogP contribution >= 0.6 is 0 Å². The van der Waals surface area contributed by atoms with Crippen molar-refractivity contribution < 1.29 is 4.39 Å². The molecular weight excluding hydrogens is 379 g/mol. The van der Waals surface area contributed by atoms with Crippen molar-refractivity contribution in [2.75, 3.05) is 0 Å². The highest BCUT2D eigenvalue weighted by molar-refractivity contribution is 5.87. The van der Waals surface area contributed by atoms with Crippen molar-refractivity contribution in [1.29, 1.82) is 5.26 Å². The number of pyridine rings is 1. The van der Waals surface area contributed by atoms with Crippen molar-refractivity contribution in [3.8, 4) is 28.5 Å². The van der Waals surface area contributed by atoms with E-state index < -0.39 is 5.67 Å². The summed E-state index contributed by atoms with van der Waals surface area (Å²) in [5.74, 6) is 0. The molecule has 5 rings (SSSR count). The summed E-state index contributed by atoms with van der Waals surface area (Å²) in [5.41, 5.74) is 3.31. The highest BCUT2D eigenvalue weighted by atomic mass is 19.1. The smallest absolute Gasteiger partial charge is 0.141 e. The van der Waals surface area contributed by atoms with E-state index in [9.17, 15) is 9.65 Å². The maximum absolute atomic E-state index is 14.9. The van der Waals surface area contributed by atoms with Gasteiger partial charge in [-0.1, -0.05) is 25.0 Å². The van der Waals surface area contributed by atoms with Gasteiger partial charge in [0.25, 0.3) is 0 Å². The van der Waals surface area contributed by atoms with Gasteiger partial charge in [-0.15, -0.1) is 0 Å². The molecule has 0 atom stereocenters. The van der Waals surface area contributed by atoms with Crippen molar-refractivity contribution in [3.05, 3.63) is 54.6 Å². The monoisotopic (exact) mass is 400 g/mol. The van der Waals surface area contributed by atoms with Gasteiger partial charge in [-0.2, -0.15) is 15.5 Å². The largest absolute Gasteiger partial charge is 0.275 e. The normalized spacial score (nSPS) is 15.5. The molecule has 0 amide bonds. The molecule has 1 aliphatic carbocycles. The SMILES string of the molecule is Cn1cc2ccc(-c3nc(C#N)ccc3-c3cnn(CC4(F)CCCC4)c3)cc2n1. The Labute approximate surface area is 173 Å². The molecule has 4 aromatic rings. The lowest BCUT2D eigenvalue weighted by molar-refractivity contribution is 0.139. The minimum atomic E-state index is -1.17. The fourth-order valence-electron chi connectivity index (χ4n) is 4.31. The topological polar surface area (TPSA) is 72.3 Å². The standard InChI is InChI=1S/C23H21FN6/c1-29-13-17-5-4-16(10-21(17)28-29)22-20(7-6-19(11-25)27-22)18-12-26-30(14-18)15-23(24)8-2-3-9-23/h4-7,10,12-14H,2-3,8-9,15H2,1H3. The first kappa shape index (κ1) is 18.5. The van der Waals surface area contributed by atoms with Crippen LogP contribution < -0.4 is 0 Å². The Hall–Kier alpha value is -3.53. The fraction of sp³-hybridized carbons (Fsp3) is 0.304. The summed E-state index contributed by atoms with van der Waals surface area (Å²) in [4.78, 5) is 4.57. The molecule has 1 aliphatic rings. The molecule has 0 N–H and O–H groups in total. The predicted octanol–water partition coefficient (Wildman–Crippen LogP) is 4.65. The number of hydrogen-bond acceptors (Lipinski definition) is 4. The lowest BCUT2D eigenvalue weighted by atomic mass is 10.0. The molecule has 3 aromatic heterocycles. The number of benzene rings is 1. The van der Waals surface area contributed by atoms with Crippen molar-refractivity contribution in [2.45, 2.75) is 37.9 Å². The third kappa shape index (κ3) is 3.35. The Morgan fingerprint density at radius 1 is 1.13 bits per heavy atom. The van der Waals surface area contributed by atoms with Gasteiger partial charge in [0.2, 0.25) is 0 Å². The van der Waals surface area contributed by atoms with E-state index in [1.165, 1.54) is 0 Å². The van der Waals surface area contributed by atoms with E-state index in [4.69, 9.17) is 0 Å². The van der Waals surface area contributed by atoms with Gasteiger partial charge in [0.15, 0.2) is 0 Å². The Balaban J connectivity index is 1.56. The van der Waals surface area contributed by atoms with Crippen molar-refractivity contribution in [2.24, 2.45) is 7.05 Å². The van der Waals surface area contributed by atoms with E-state index in [1.807, 2.05) is 43.7 Å². The van der Waals surface area contributed by atoms with Crippen molar-refractivity contribution in [3.63, 3.8) is 0 Å². The zero-order chi connectivity index (χ0) is 20.7. The summed E-state index contributed by atoms with van der Waals surface area (Å²) in [6, 6.07) is 11.6. The average Bonchev–Trinajstić information content (AvgIpc) is 3.46. The van der Waals surface area contributed by atoms with Crippen LogP contribution in [0.5, 0.6) is 0 Å². The van der Waals surface area contributed by atoms with E-state index >= 15 is 0 Å². The van der Waals surface area contributed by atoms with Gasteiger partial charge in [-0.3, -0.25) is 9.36 Å². The summed E-state index contributed by atoms with van der Waals surface area (Å²) in [5, 5.41) is 19.3. The number of nitrogens with zero attached hydrogens (tertiary/aromatic N) is 6. The van der Waals surface area contributed by atoms with Gasteiger partial charge >= 0.3 is 0 Å². The molecule has 6 nitrogen and oxygen atoms in total. The second-order valence-electron chi connectivity index (χ2n) is 8.07. The van der Waals surface area contributed by atoms with Crippen LogP contribution in [0.15, 0.2) is 48.9 Å². The second kappa shape index (κ2) is 7.06. The number of alkyl halides is 1. The highest BCUT2D eigenvalue weighted by Crippen LogP contribution is 2.36. The van der Waals surface area contributed by atoms with E-state index in [0.717, 1.165) is 40.4 Å². The van der Waals surface area contributed by atoms with Gasteiger partial charge in [-0.05, 0) is 31.0 Å². The maximum atomic E-state index is 14.9. The third-order valence-electron chi connectivity index (χ3n) is 5.79. The Kier molecular flexibility index (Phi) is 4.35. The zero-order valence-electron chi connectivity index (χ0n) is 16.7. The lowest BCUT2D eigenvalue weighted by Gasteiger charge is -2.18. The molecule has 0 radical (unpaired) electrons. The molecule has 3 heterocycles. The van der Waals surface area contributed by atoms with Crippen LogP contribution in [0.25, 0.3) is 33.3 Å². The quantitative estimate of drug-likeness (QED) is 0.500. The van der Waals surface area contributed by atoms with E-state index in [-0.39, 0.29) is 6.54 Å². The molecule has 1 aromatic carbocycles. The fourth-order valence-corrected chi connectivity index (χ4v) is 4.31.